The van der Waals surface area contributed by atoms with Crippen molar-refractivity contribution in [1.29, 1.82) is 0 Å². The number of aliphatic imine (C=N–C) groups is 4. The van der Waals surface area contributed by atoms with E-state index in [1.165, 1.54) is 0 Å². The van der Waals surface area contributed by atoms with Crippen molar-refractivity contribution in [3.63, 3.8) is 0 Å². The molecule has 0 saturated carbocycles. The highest BCUT2D eigenvalue weighted by atomic mass is 16.7. The van der Waals surface area contributed by atoms with Crippen molar-refractivity contribution in [2.45, 2.75) is 32.2 Å². The summed E-state index contributed by atoms with van der Waals surface area (Å²) in [5.74, 6) is 4.19. The Morgan fingerprint density at radius 3 is 2.54 bits per heavy atom. The number of nitrogens with one attached hydrogen (secondary N) is 4. The van der Waals surface area contributed by atoms with Gasteiger partial charge in [-0.2, -0.15) is 0 Å². The number of hydrogen-bond acceptors (Lipinski definition) is 14. The fourth-order valence-electron chi connectivity index (χ4n) is 4.31. The average Bonchev–Trinajstić information content (AvgIpc) is 3.52. The van der Waals surface area contributed by atoms with Crippen molar-refractivity contribution in [1.82, 2.24) is 16.0 Å². The molecule has 6 rings (SSSR count). The van der Waals surface area contributed by atoms with Gasteiger partial charge in [-0.25, -0.2) is 20.0 Å². The maximum atomic E-state index is 6.08. The molecule has 37 heavy (non-hydrogen) atoms. The third kappa shape index (κ3) is 4.80. The molecule has 14 nitrogen and oxygen atoms in total. The Morgan fingerprint density at radius 2 is 1.68 bits per heavy atom. The van der Waals surface area contributed by atoms with Gasteiger partial charge in [-0.05, 0) is 36.8 Å². The monoisotopic (exact) mass is 506 g/mol. The topological polar surface area (TPSA) is 187 Å². The van der Waals surface area contributed by atoms with Gasteiger partial charge < -0.3 is 41.0 Å². The van der Waals surface area contributed by atoms with Crippen LogP contribution in [0.4, 0.5) is 5.69 Å². The minimum absolute atomic E-state index is 0.152. The molecule has 14 heteroatoms. The van der Waals surface area contributed by atoms with Crippen molar-refractivity contribution in [2.24, 2.45) is 31.4 Å². The fraction of sp³-hybridized carbons (Fsp3) is 0.304. The van der Waals surface area contributed by atoms with Gasteiger partial charge in [0.15, 0.2) is 41.1 Å². The van der Waals surface area contributed by atoms with Gasteiger partial charge in [0.2, 0.25) is 25.5 Å². The number of nitrogens with zero attached hydrogens (tertiary/aromatic N) is 4. The maximum absolute atomic E-state index is 6.08. The van der Waals surface area contributed by atoms with Crippen molar-refractivity contribution in [3.8, 4) is 23.0 Å². The molecule has 2 unspecified atom stereocenters. The molecule has 8 N–H and O–H groups in total. The van der Waals surface area contributed by atoms with Crippen LogP contribution in [-0.2, 0) is 13.0 Å². The second kappa shape index (κ2) is 9.29. The van der Waals surface area contributed by atoms with Crippen LogP contribution in [0.2, 0.25) is 0 Å². The van der Waals surface area contributed by atoms with Gasteiger partial charge in [0.25, 0.3) is 0 Å². The van der Waals surface area contributed by atoms with Crippen LogP contribution in [0.15, 0.2) is 50.3 Å². The van der Waals surface area contributed by atoms with Gasteiger partial charge in [0.05, 0.1) is 5.69 Å². The lowest BCUT2D eigenvalue weighted by atomic mass is 10.0. The number of fused-ring (bicyclic) bond motifs is 2. The quantitative estimate of drug-likeness (QED) is 0.325. The minimum atomic E-state index is -0.458. The highest BCUT2D eigenvalue weighted by Crippen LogP contribution is 2.39. The SMILES string of the molecule is CC1N=C(N)NC(NCc2cc(CC3N=C(N)NC(Nc4cccc5c4OCO5)=N3)cc3c2OCO3)=N1. The molecule has 0 amide bonds. The molecule has 0 saturated heterocycles. The van der Waals surface area contributed by atoms with E-state index in [0.29, 0.717) is 59.5 Å². The standard InChI is InChI=1S/C23H26N10O4/c1-11-27-20(24)32-22(28-11)26-8-13-5-12(6-16-18(13)36-10-35-16)7-17-30-21(25)33-23(31-17)29-14-3-2-4-15-19(14)37-9-34-15/h2-6,11,17H,7-10H2,1H3,(H4,24,26,27,28,32)(H4,25,29,30,31,33). The fourth-order valence-corrected chi connectivity index (χ4v) is 4.31. The number of anilines is 1. The number of ether oxygens (including phenoxy) is 4. The predicted molar refractivity (Wildman–Crippen MR) is 137 cm³/mol. The molecule has 0 bridgehead atoms. The summed E-state index contributed by atoms with van der Waals surface area (Å²) in [5, 5.41) is 12.4. The van der Waals surface area contributed by atoms with Crippen molar-refractivity contribution in [2.75, 3.05) is 18.9 Å². The number of hydrogen-bond donors (Lipinski definition) is 6. The van der Waals surface area contributed by atoms with Crippen LogP contribution >= 0.6 is 0 Å². The summed E-state index contributed by atoms with van der Waals surface area (Å²) in [6, 6.07) is 9.54. The molecule has 2 aromatic rings. The Kier molecular flexibility index (Phi) is 5.67. The Balaban J connectivity index is 1.19. The molecular weight excluding hydrogens is 480 g/mol. The summed E-state index contributed by atoms with van der Waals surface area (Å²) >= 11 is 0. The van der Waals surface area contributed by atoms with Crippen LogP contribution < -0.4 is 51.7 Å². The highest BCUT2D eigenvalue weighted by Gasteiger charge is 2.24. The van der Waals surface area contributed by atoms with Gasteiger partial charge in [-0.3, -0.25) is 10.6 Å². The van der Waals surface area contributed by atoms with E-state index in [0.717, 1.165) is 11.1 Å². The first-order chi connectivity index (χ1) is 18.0. The molecule has 4 aliphatic rings. The number of para-hydroxylation sites is 1. The third-order valence-corrected chi connectivity index (χ3v) is 5.82. The van der Waals surface area contributed by atoms with E-state index in [9.17, 15) is 0 Å². The van der Waals surface area contributed by atoms with E-state index in [1.807, 2.05) is 37.3 Å². The smallest absolute Gasteiger partial charge is 0.231 e. The molecule has 0 fully saturated rings. The largest absolute Gasteiger partial charge is 0.454 e. The molecule has 2 aromatic carbocycles. The summed E-state index contributed by atoms with van der Waals surface area (Å²) in [6.07, 6.45) is -0.236. The summed E-state index contributed by atoms with van der Waals surface area (Å²) in [6.45, 7) is 2.61. The average molecular weight is 507 g/mol. The van der Waals surface area contributed by atoms with Gasteiger partial charge in [0, 0.05) is 18.5 Å². The van der Waals surface area contributed by atoms with Gasteiger partial charge in [0.1, 0.15) is 6.17 Å². The number of guanidine groups is 4. The van der Waals surface area contributed by atoms with Crippen molar-refractivity contribution in [3.05, 3.63) is 41.5 Å². The van der Waals surface area contributed by atoms with Crippen LogP contribution in [-0.4, -0.2) is 49.8 Å². The number of rotatable bonds is 5. The predicted octanol–water partition coefficient (Wildman–Crippen LogP) is 0.108. The molecule has 2 atom stereocenters. The third-order valence-electron chi connectivity index (χ3n) is 5.82. The lowest BCUT2D eigenvalue weighted by Gasteiger charge is -2.21. The van der Waals surface area contributed by atoms with Crippen LogP contribution in [0.3, 0.4) is 0 Å². The molecule has 0 radical (unpaired) electrons. The zero-order valence-corrected chi connectivity index (χ0v) is 19.9. The van der Waals surface area contributed by atoms with E-state index in [-0.39, 0.29) is 25.7 Å². The van der Waals surface area contributed by atoms with E-state index in [2.05, 4.69) is 36.2 Å². The van der Waals surface area contributed by atoms with E-state index in [1.54, 1.807) is 0 Å². The highest BCUT2D eigenvalue weighted by molar-refractivity contribution is 6.06. The summed E-state index contributed by atoms with van der Waals surface area (Å²) in [7, 11) is 0. The first kappa shape index (κ1) is 22.6. The molecule has 0 aliphatic carbocycles. The van der Waals surface area contributed by atoms with E-state index in [4.69, 9.17) is 35.4 Å². The lowest BCUT2D eigenvalue weighted by molar-refractivity contribution is 0.173. The Morgan fingerprint density at radius 1 is 0.892 bits per heavy atom. The number of benzene rings is 2. The minimum Gasteiger partial charge on any atom is -0.454 e. The number of nitrogens with two attached hydrogens (primary N) is 2. The van der Waals surface area contributed by atoms with Crippen molar-refractivity contribution >= 4 is 29.5 Å². The van der Waals surface area contributed by atoms with Gasteiger partial charge >= 0.3 is 0 Å². The summed E-state index contributed by atoms with van der Waals surface area (Å²) in [5.41, 5.74) is 14.5. The van der Waals surface area contributed by atoms with Crippen LogP contribution in [0.1, 0.15) is 18.1 Å². The van der Waals surface area contributed by atoms with Crippen molar-refractivity contribution < 1.29 is 18.9 Å². The molecule has 0 spiro atoms. The Bertz CT molecular complexity index is 1360. The van der Waals surface area contributed by atoms with Crippen LogP contribution in [0.5, 0.6) is 23.0 Å². The maximum Gasteiger partial charge on any atom is 0.231 e. The first-order valence-corrected chi connectivity index (χ1v) is 11.7. The second-order valence-electron chi connectivity index (χ2n) is 8.56. The normalized spacial score (nSPS) is 21.1. The van der Waals surface area contributed by atoms with Crippen LogP contribution in [0, 0.1) is 0 Å². The van der Waals surface area contributed by atoms with E-state index >= 15 is 0 Å². The Hall–Kier alpha value is -4.88. The molecule has 4 heterocycles. The van der Waals surface area contributed by atoms with Crippen LogP contribution in [0.25, 0.3) is 0 Å². The zero-order chi connectivity index (χ0) is 25.4. The summed E-state index contributed by atoms with van der Waals surface area (Å²) < 4.78 is 22.4. The molecule has 192 valence electrons. The van der Waals surface area contributed by atoms with Gasteiger partial charge in [-0.1, -0.05) is 6.07 Å². The van der Waals surface area contributed by atoms with E-state index < -0.39 is 6.17 Å². The summed E-state index contributed by atoms with van der Waals surface area (Å²) in [4.78, 5) is 17.7. The first-order valence-electron chi connectivity index (χ1n) is 11.7. The molecule has 0 aromatic heterocycles. The molecular formula is C23H26N10O4. The lowest BCUT2D eigenvalue weighted by Crippen LogP contribution is -2.47. The molecule has 4 aliphatic heterocycles. The zero-order valence-electron chi connectivity index (χ0n) is 19.9. The second-order valence-corrected chi connectivity index (χ2v) is 8.56. The van der Waals surface area contributed by atoms with Gasteiger partial charge in [-0.15, -0.1) is 0 Å². The Labute approximate surface area is 211 Å².